The third-order valence-corrected chi connectivity index (χ3v) is 5.72. The highest BCUT2D eigenvalue weighted by atomic mass is 32.1. The Morgan fingerprint density at radius 2 is 2.11 bits per heavy atom. The number of nitrogens with one attached hydrogen (secondary N) is 1. The van der Waals surface area contributed by atoms with Crippen molar-refractivity contribution in [2.75, 3.05) is 0 Å². The summed E-state index contributed by atoms with van der Waals surface area (Å²) in [7, 11) is 0. The van der Waals surface area contributed by atoms with Gasteiger partial charge in [-0.3, -0.25) is 19.7 Å². The smallest absolute Gasteiger partial charge is 0.295 e. The van der Waals surface area contributed by atoms with Crippen molar-refractivity contribution in [3.8, 4) is 0 Å². The van der Waals surface area contributed by atoms with Gasteiger partial charge in [-0.05, 0) is 36.9 Å². The fourth-order valence-electron chi connectivity index (χ4n) is 3.51. The molecule has 0 spiro atoms. The van der Waals surface area contributed by atoms with Gasteiger partial charge in [0.15, 0.2) is 0 Å². The zero-order chi connectivity index (χ0) is 19.8. The molecular weight excluding hydrogens is 376 g/mol. The minimum absolute atomic E-state index is 0.0870. The first kappa shape index (κ1) is 18.1. The number of nitrogens with zero attached hydrogens (tertiary/aromatic N) is 3. The van der Waals surface area contributed by atoms with Gasteiger partial charge in [0.1, 0.15) is 5.76 Å². The number of hydrogen-bond acceptors (Lipinski definition) is 6. The number of aliphatic hydroxyl groups excluding tert-OH is 1. The molecule has 7 nitrogen and oxygen atoms in total. The number of thiophene rings is 1. The lowest BCUT2D eigenvalue weighted by Gasteiger charge is -2.24. The number of pyridine rings is 1. The van der Waals surface area contributed by atoms with E-state index < -0.39 is 17.7 Å². The lowest BCUT2D eigenvalue weighted by atomic mass is 9.99. The van der Waals surface area contributed by atoms with Crippen molar-refractivity contribution >= 4 is 28.8 Å². The highest BCUT2D eigenvalue weighted by Gasteiger charge is 2.46. The SMILES string of the molecule is Cc1n[nH]c(C)c1C(O)=C1C(=O)C(=O)N(Cc2cccnc2)C1c1cccs1. The number of carbonyl (C=O) groups is 2. The van der Waals surface area contributed by atoms with Crippen LogP contribution in [0.4, 0.5) is 0 Å². The van der Waals surface area contributed by atoms with Gasteiger partial charge < -0.3 is 10.0 Å². The van der Waals surface area contributed by atoms with Crippen LogP contribution in [0.3, 0.4) is 0 Å². The predicted molar refractivity (Wildman–Crippen MR) is 104 cm³/mol. The fourth-order valence-corrected chi connectivity index (χ4v) is 4.35. The van der Waals surface area contributed by atoms with E-state index in [9.17, 15) is 14.7 Å². The minimum atomic E-state index is -0.695. The molecule has 0 bridgehead atoms. The zero-order valence-electron chi connectivity index (χ0n) is 15.3. The molecule has 1 unspecified atom stereocenters. The monoisotopic (exact) mass is 394 g/mol. The summed E-state index contributed by atoms with van der Waals surface area (Å²) in [6, 6.07) is 6.69. The van der Waals surface area contributed by atoms with Crippen LogP contribution in [0.1, 0.15) is 33.4 Å². The second-order valence-corrected chi connectivity index (χ2v) is 7.59. The molecule has 1 saturated heterocycles. The van der Waals surface area contributed by atoms with Gasteiger partial charge in [0.2, 0.25) is 0 Å². The van der Waals surface area contributed by atoms with Crippen molar-refractivity contribution in [3.63, 3.8) is 0 Å². The average Bonchev–Trinajstić information content (AvgIpc) is 3.38. The minimum Gasteiger partial charge on any atom is -0.507 e. The Morgan fingerprint density at radius 3 is 2.71 bits per heavy atom. The van der Waals surface area contributed by atoms with Crippen LogP contribution in [0.25, 0.3) is 5.76 Å². The van der Waals surface area contributed by atoms with E-state index in [1.807, 2.05) is 23.6 Å². The second-order valence-electron chi connectivity index (χ2n) is 6.61. The first-order chi connectivity index (χ1) is 13.5. The van der Waals surface area contributed by atoms with Crippen LogP contribution in [0.5, 0.6) is 0 Å². The Hall–Kier alpha value is -3.26. The number of aliphatic hydroxyl groups is 1. The lowest BCUT2D eigenvalue weighted by molar-refractivity contribution is -0.140. The normalized spacial score (nSPS) is 18.8. The van der Waals surface area contributed by atoms with E-state index in [1.54, 1.807) is 32.3 Å². The highest BCUT2D eigenvalue weighted by molar-refractivity contribution is 7.10. The standard InChI is InChI=1S/C20H18N4O3S/c1-11-15(12(2)23-22-11)18(25)16-17(14-6-4-8-28-14)24(20(27)19(16)26)10-13-5-3-7-21-9-13/h3-9,17,25H,10H2,1-2H3,(H,22,23). The molecule has 1 aliphatic heterocycles. The van der Waals surface area contributed by atoms with Crippen molar-refractivity contribution in [1.82, 2.24) is 20.1 Å². The summed E-state index contributed by atoms with van der Waals surface area (Å²) >= 11 is 1.43. The number of carbonyl (C=O) groups excluding carboxylic acids is 2. The number of aromatic amines is 1. The Labute approximate surface area is 165 Å². The van der Waals surface area contributed by atoms with E-state index in [0.717, 1.165) is 10.4 Å². The third-order valence-electron chi connectivity index (χ3n) is 4.79. The molecule has 4 heterocycles. The molecule has 1 fully saturated rings. The Balaban J connectivity index is 1.87. The van der Waals surface area contributed by atoms with Gasteiger partial charge >= 0.3 is 0 Å². The van der Waals surface area contributed by atoms with Crippen LogP contribution >= 0.6 is 11.3 Å². The molecule has 0 radical (unpaired) electrons. The molecule has 28 heavy (non-hydrogen) atoms. The van der Waals surface area contributed by atoms with E-state index in [0.29, 0.717) is 17.0 Å². The molecular formula is C20H18N4O3S. The van der Waals surface area contributed by atoms with Gasteiger partial charge in [-0.1, -0.05) is 12.1 Å². The number of Topliss-reactive ketones (excluding diaryl/α,β-unsaturated/α-hetero) is 1. The topological polar surface area (TPSA) is 99.2 Å². The molecule has 3 aromatic heterocycles. The Kier molecular flexibility index (Phi) is 4.56. The number of aryl methyl sites for hydroxylation is 2. The molecule has 0 aliphatic carbocycles. The molecule has 1 amide bonds. The Bertz CT molecular complexity index is 1050. The van der Waals surface area contributed by atoms with E-state index in [4.69, 9.17) is 0 Å². The van der Waals surface area contributed by atoms with Gasteiger partial charge in [0.25, 0.3) is 11.7 Å². The number of rotatable bonds is 4. The molecule has 0 aromatic carbocycles. The number of ketones is 1. The zero-order valence-corrected chi connectivity index (χ0v) is 16.2. The molecule has 0 saturated carbocycles. The van der Waals surface area contributed by atoms with Gasteiger partial charge in [0, 0.05) is 29.5 Å². The second kappa shape index (κ2) is 7.05. The van der Waals surface area contributed by atoms with Crippen LogP contribution in [-0.2, 0) is 16.1 Å². The van der Waals surface area contributed by atoms with Gasteiger partial charge in [-0.15, -0.1) is 11.3 Å². The number of aromatic nitrogens is 3. The van der Waals surface area contributed by atoms with E-state index in [1.165, 1.54) is 16.2 Å². The maximum Gasteiger partial charge on any atom is 0.295 e. The van der Waals surface area contributed by atoms with Gasteiger partial charge in [-0.2, -0.15) is 5.10 Å². The number of amides is 1. The summed E-state index contributed by atoms with van der Waals surface area (Å²) < 4.78 is 0. The first-order valence-electron chi connectivity index (χ1n) is 8.71. The lowest BCUT2D eigenvalue weighted by Crippen LogP contribution is -2.28. The summed E-state index contributed by atoms with van der Waals surface area (Å²) in [5, 5.41) is 19.8. The molecule has 8 heteroatoms. The Morgan fingerprint density at radius 1 is 1.29 bits per heavy atom. The van der Waals surface area contributed by atoms with Crippen molar-refractivity contribution < 1.29 is 14.7 Å². The first-order valence-corrected chi connectivity index (χ1v) is 9.59. The van der Waals surface area contributed by atoms with Crippen molar-refractivity contribution in [2.45, 2.75) is 26.4 Å². The number of hydrogen-bond donors (Lipinski definition) is 2. The number of H-pyrrole nitrogens is 1. The maximum atomic E-state index is 12.9. The summed E-state index contributed by atoms with van der Waals surface area (Å²) in [5.74, 6) is -1.53. The molecule has 1 aliphatic rings. The molecule has 2 N–H and O–H groups in total. The molecule has 3 aromatic rings. The predicted octanol–water partition coefficient (Wildman–Crippen LogP) is 3.10. The summed E-state index contributed by atoms with van der Waals surface area (Å²) in [4.78, 5) is 32.2. The third kappa shape index (κ3) is 2.91. The average molecular weight is 394 g/mol. The van der Waals surface area contributed by atoms with Crippen LogP contribution in [0.15, 0.2) is 47.6 Å². The fraction of sp³-hybridized carbons (Fsp3) is 0.200. The van der Waals surface area contributed by atoms with E-state index in [2.05, 4.69) is 15.2 Å². The number of likely N-dealkylation sites (tertiary alicyclic amines) is 1. The summed E-state index contributed by atoms with van der Waals surface area (Å²) in [6.07, 6.45) is 3.31. The van der Waals surface area contributed by atoms with E-state index >= 15 is 0 Å². The van der Waals surface area contributed by atoms with Gasteiger partial charge in [0.05, 0.1) is 22.9 Å². The summed E-state index contributed by atoms with van der Waals surface area (Å²) in [5.41, 5.74) is 2.56. The molecule has 142 valence electrons. The maximum absolute atomic E-state index is 12.9. The molecule has 1 atom stereocenters. The van der Waals surface area contributed by atoms with Crippen LogP contribution in [-0.4, -0.2) is 36.9 Å². The van der Waals surface area contributed by atoms with Crippen molar-refractivity contribution in [3.05, 3.63) is 75.0 Å². The highest BCUT2D eigenvalue weighted by Crippen LogP contribution is 2.42. The quantitative estimate of drug-likeness (QED) is 0.402. The van der Waals surface area contributed by atoms with Crippen LogP contribution in [0.2, 0.25) is 0 Å². The summed E-state index contributed by atoms with van der Waals surface area (Å²) in [6.45, 7) is 3.73. The van der Waals surface area contributed by atoms with Crippen molar-refractivity contribution in [2.24, 2.45) is 0 Å². The molecule has 4 rings (SSSR count). The largest absolute Gasteiger partial charge is 0.507 e. The van der Waals surface area contributed by atoms with Crippen LogP contribution in [0, 0.1) is 13.8 Å². The van der Waals surface area contributed by atoms with Crippen LogP contribution < -0.4 is 0 Å². The van der Waals surface area contributed by atoms with Crippen molar-refractivity contribution in [1.29, 1.82) is 0 Å². The van der Waals surface area contributed by atoms with E-state index in [-0.39, 0.29) is 17.9 Å². The van der Waals surface area contributed by atoms with Gasteiger partial charge in [-0.25, -0.2) is 0 Å².